The molecule has 0 N–H and O–H groups in total. The Labute approximate surface area is 228 Å². The minimum atomic E-state index is -0.417. The van der Waals surface area contributed by atoms with Crippen LogP contribution in [0.5, 0.6) is 0 Å². The van der Waals surface area contributed by atoms with Crippen LogP contribution in [0.25, 0.3) is 0 Å². The third-order valence-corrected chi connectivity index (χ3v) is 0. The van der Waals surface area contributed by atoms with Crippen molar-refractivity contribution in [3.8, 4) is 0 Å². The van der Waals surface area contributed by atoms with Crippen molar-refractivity contribution >= 4 is 0 Å². The normalized spacial score (nSPS) is 8.31. The van der Waals surface area contributed by atoms with Crippen molar-refractivity contribution in [2.75, 3.05) is 0 Å². The van der Waals surface area contributed by atoms with Crippen molar-refractivity contribution in [3.05, 3.63) is 0 Å². The first-order chi connectivity index (χ1) is 10.4. The average molecular weight is 655 g/mol. The van der Waals surface area contributed by atoms with Crippen LogP contribution >= 0.6 is 0 Å². The van der Waals surface area contributed by atoms with Gasteiger partial charge in [0.15, 0.2) is 0 Å². The van der Waals surface area contributed by atoms with Gasteiger partial charge in [0.25, 0.3) is 0 Å². The van der Waals surface area contributed by atoms with Crippen LogP contribution in [0, 0.1) is 80.8 Å². The second-order valence-corrected chi connectivity index (χ2v) is 6.29. The Hall–Kier alpha value is 2.44. The summed E-state index contributed by atoms with van der Waals surface area (Å²) in [7, 11) is 0. The third-order valence-electron chi connectivity index (χ3n) is 0. The molecule has 0 aromatic carbocycles. The second-order valence-electron chi connectivity index (χ2n) is 6.29. The predicted octanol–water partition coefficient (Wildman–Crippen LogP) is -1.47. The van der Waals surface area contributed by atoms with E-state index in [1.807, 2.05) is 0 Å². The van der Waals surface area contributed by atoms with Crippen molar-refractivity contribution in [2.24, 2.45) is 0 Å². The largest absolute Gasteiger partial charge is 3.00 e. The predicted molar refractivity (Wildman–Crippen MR) is 90.8 cm³/mol. The van der Waals surface area contributed by atoms with Crippen LogP contribution in [0.1, 0.15) is 83.1 Å². The van der Waals surface area contributed by atoms with Crippen LogP contribution in [-0.2, 0) is 0 Å². The standard InChI is InChI=1S/6C3H7O.2Sm/c6*1-3(2)4;;/h6*3H,1-2H3;;/q6*-1;2*+3. The summed E-state index contributed by atoms with van der Waals surface area (Å²) in [5, 5.41) is 57.2. The molecule has 0 spiro atoms. The van der Waals surface area contributed by atoms with E-state index in [-0.39, 0.29) is 80.8 Å². The first kappa shape index (κ1) is 51.3. The Morgan fingerprint density at radius 2 is 0.269 bits per heavy atom. The number of hydrogen-bond acceptors (Lipinski definition) is 6. The Balaban J connectivity index is -0.0000000245. The summed E-state index contributed by atoms with van der Waals surface area (Å²) in [5.41, 5.74) is 0. The summed E-state index contributed by atoms with van der Waals surface area (Å²) in [6.45, 7) is 19.3. The molecule has 0 heterocycles. The quantitative estimate of drug-likeness (QED) is 0.313. The molecule has 0 aromatic rings. The van der Waals surface area contributed by atoms with Gasteiger partial charge in [-0.3, -0.25) is 0 Å². The monoisotopic (exact) mass is 658 g/mol. The van der Waals surface area contributed by atoms with E-state index >= 15 is 0 Å². The average Bonchev–Trinajstić information content (AvgIpc) is 2.08. The van der Waals surface area contributed by atoms with Gasteiger partial charge >= 0.3 is 80.8 Å². The molecule has 0 saturated heterocycles. The van der Waals surface area contributed by atoms with Gasteiger partial charge in [-0.2, -0.15) is 0 Å². The van der Waals surface area contributed by atoms with Crippen LogP contribution in [0.3, 0.4) is 0 Å². The van der Waals surface area contributed by atoms with Gasteiger partial charge in [-0.05, 0) is 0 Å². The van der Waals surface area contributed by atoms with E-state index in [0.29, 0.717) is 0 Å². The fraction of sp³-hybridized carbons (Fsp3) is 1.00. The molecule has 162 valence electrons. The van der Waals surface area contributed by atoms with E-state index in [2.05, 4.69) is 0 Å². The van der Waals surface area contributed by atoms with E-state index in [1.54, 1.807) is 83.1 Å². The molecular formula is C18H42O6Sm2. The van der Waals surface area contributed by atoms with Gasteiger partial charge in [-0.25, -0.2) is 0 Å². The van der Waals surface area contributed by atoms with Crippen LogP contribution in [-0.4, -0.2) is 36.6 Å². The molecule has 0 aromatic heterocycles. The van der Waals surface area contributed by atoms with E-state index in [4.69, 9.17) is 0 Å². The molecule has 0 aliphatic heterocycles. The van der Waals surface area contributed by atoms with Crippen LogP contribution in [0.4, 0.5) is 0 Å². The van der Waals surface area contributed by atoms with E-state index in [0.717, 1.165) is 0 Å². The van der Waals surface area contributed by atoms with Gasteiger partial charge in [0, 0.05) is 0 Å². The number of rotatable bonds is 0. The molecule has 0 aliphatic rings. The molecule has 0 saturated carbocycles. The summed E-state index contributed by atoms with van der Waals surface area (Å²) in [6.07, 6.45) is -2.50. The zero-order valence-electron chi connectivity index (χ0n) is 18.7. The fourth-order valence-electron chi connectivity index (χ4n) is 0. The topological polar surface area (TPSA) is 138 Å². The van der Waals surface area contributed by atoms with Crippen molar-refractivity contribution in [1.82, 2.24) is 0 Å². The van der Waals surface area contributed by atoms with E-state index < -0.39 is 36.6 Å². The number of hydrogen-bond donors (Lipinski definition) is 0. The summed E-state index contributed by atoms with van der Waals surface area (Å²) in [4.78, 5) is 0. The molecule has 8 heteroatoms. The molecule has 6 nitrogen and oxygen atoms in total. The Morgan fingerprint density at radius 3 is 0.269 bits per heavy atom. The first-order valence-electron chi connectivity index (χ1n) is 8.34. The Morgan fingerprint density at radius 1 is 0.269 bits per heavy atom. The van der Waals surface area contributed by atoms with E-state index in [1.165, 1.54) is 0 Å². The van der Waals surface area contributed by atoms with Crippen molar-refractivity contribution in [3.63, 3.8) is 0 Å². The minimum Gasteiger partial charge on any atom is -0.852 e. The molecule has 0 bridgehead atoms. The maximum absolute atomic E-state index is 9.53. The SMILES string of the molecule is CC(C)[O-].CC(C)[O-].CC(C)[O-].CC(C)[O-].CC(C)[O-].CC(C)[O-].[Sm+3].[Sm+3]. The maximum atomic E-state index is 9.53. The zero-order chi connectivity index (χ0) is 21.5. The van der Waals surface area contributed by atoms with Gasteiger partial charge in [-0.15, -0.1) is 36.6 Å². The van der Waals surface area contributed by atoms with Crippen molar-refractivity contribution in [1.29, 1.82) is 0 Å². The Kier molecular flexibility index (Phi) is 90.5. The maximum Gasteiger partial charge on any atom is 3.00 e. The molecular weight excluding hydrogens is 613 g/mol. The van der Waals surface area contributed by atoms with E-state index in [9.17, 15) is 30.6 Å². The molecule has 0 aliphatic carbocycles. The first-order valence-corrected chi connectivity index (χ1v) is 8.34. The summed E-state index contributed by atoms with van der Waals surface area (Å²) < 4.78 is 0. The zero-order valence-corrected chi connectivity index (χ0v) is 24.0. The molecule has 0 atom stereocenters. The van der Waals surface area contributed by atoms with Gasteiger partial charge < -0.3 is 30.6 Å². The van der Waals surface area contributed by atoms with Crippen LogP contribution in [0.2, 0.25) is 0 Å². The second kappa shape index (κ2) is 45.9. The van der Waals surface area contributed by atoms with Crippen LogP contribution < -0.4 is 30.6 Å². The van der Waals surface area contributed by atoms with Crippen molar-refractivity contribution in [2.45, 2.75) is 120 Å². The minimum absolute atomic E-state index is 0. The van der Waals surface area contributed by atoms with Gasteiger partial charge in [0.1, 0.15) is 0 Å². The Bertz CT molecular complexity index is 105. The fourth-order valence-corrected chi connectivity index (χ4v) is 0. The van der Waals surface area contributed by atoms with Gasteiger partial charge in [0.05, 0.1) is 0 Å². The van der Waals surface area contributed by atoms with Crippen molar-refractivity contribution < 1.29 is 111 Å². The smallest absolute Gasteiger partial charge is 0.852 e. The van der Waals surface area contributed by atoms with Crippen LogP contribution in [0.15, 0.2) is 0 Å². The molecule has 26 heavy (non-hydrogen) atoms. The summed E-state index contributed by atoms with van der Waals surface area (Å²) >= 11 is 0. The van der Waals surface area contributed by atoms with Gasteiger partial charge in [-0.1, -0.05) is 83.1 Å². The molecule has 0 fully saturated rings. The molecule has 0 unspecified atom stereocenters. The molecule has 0 rings (SSSR count). The molecule has 0 amide bonds. The third kappa shape index (κ3) is 2880. The summed E-state index contributed by atoms with van der Waals surface area (Å²) in [5.74, 6) is 0. The van der Waals surface area contributed by atoms with Gasteiger partial charge in [0.2, 0.25) is 0 Å². The molecule has 2 radical (unpaired) electrons. The summed E-state index contributed by atoms with van der Waals surface area (Å²) in [6, 6.07) is 0.